The van der Waals surface area contributed by atoms with E-state index in [-0.39, 0.29) is 11.0 Å². The maximum Gasteiger partial charge on any atom is 0.257 e. The maximum absolute atomic E-state index is 12.5. The van der Waals surface area contributed by atoms with E-state index in [2.05, 4.69) is 29.7 Å². The average Bonchev–Trinajstić information content (AvgIpc) is 2.85. The van der Waals surface area contributed by atoms with Crippen molar-refractivity contribution >= 4 is 28.9 Å². The standard InChI is InChI=1S/C28H32N2O3S/c1-2-3-4-8-19-32-25-16-14-23(15-17-25)27(31)30-28(34)29-24-12-9-13-26(21-24)33-20-18-22-10-6-5-7-11-22/h5-7,9-17,21H,2-4,8,18-20H2,1H3,(H2,29,30,31,34). The molecule has 0 aliphatic heterocycles. The number of carbonyl (C=O) groups is 1. The molecular weight excluding hydrogens is 444 g/mol. The molecule has 0 aliphatic carbocycles. The van der Waals surface area contributed by atoms with Crippen molar-refractivity contribution in [1.29, 1.82) is 0 Å². The molecule has 3 rings (SSSR count). The molecule has 6 heteroatoms. The smallest absolute Gasteiger partial charge is 0.257 e. The van der Waals surface area contributed by atoms with Crippen LogP contribution in [-0.2, 0) is 6.42 Å². The largest absolute Gasteiger partial charge is 0.494 e. The van der Waals surface area contributed by atoms with Crippen LogP contribution < -0.4 is 20.1 Å². The number of unbranched alkanes of at least 4 members (excludes halogenated alkanes) is 3. The molecule has 3 aromatic rings. The Bertz CT molecular complexity index is 1040. The van der Waals surface area contributed by atoms with Crippen LogP contribution in [0.15, 0.2) is 78.9 Å². The Morgan fingerprint density at radius 3 is 2.35 bits per heavy atom. The maximum atomic E-state index is 12.5. The number of thiocarbonyl (C=S) groups is 1. The van der Waals surface area contributed by atoms with Gasteiger partial charge in [-0.3, -0.25) is 10.1 Å². The zero-order valence-corrected chi connectivity index (χ0v) is 20.4. The van der Waals surface area contributed by atoms with E-state index in [0.717, 1.165) is 30.0 Å². The number of anilines is 1. The summed E-state index contributed by atoms with van der Waals surface area (Å²) in [7, 11) is 0. The van der Waals surface area contributed by atoms with E-state index in [0.29, 0.717) is 18.8 Å². The summed E-state index contributed by atoms with van der Waals surface area (Å²) >= 11 is 5.32. The second-order valence-corrected chi connectivity index (χ2v) is 8.36. The van der Waals surface area contributed by atoms with Gasteiger partial charge in [0.15, 0.2) is 5.11 Å². The van der Waals surface area contributed by atoms with Crippen molar-refractivity contribution in [3.05, 3.63) is 90.0 Å². The van der Waals surface area contributed by atoms with E-state index >= 15 is 0 Å². The van der Waals surface area contributed by atoms with Gasteiger partial charge in [0, 0.05) is 23.7 Å². The monoisotopic (exact) mass is 476 g/mol. The number of amides is 1. The van der Waals surface area contributed by atoms with Crippen LogP contribution in [-0.4, -0.2) is 24.2 Å². The van der Waals surface area contributed by atoms with Gasteiger partial charge in [-0.15, -0.1) is 0 Å². The van der Waals surface area contributed by atoms with Crippen molar-refractivity contribution in [2.45, 2.75) is 39.0 Å². The molecule has 0 unspecified atom stereocenters. The summed E-state index contributed by atoms with van der Waals surface area (Å²) in [6.45, 7) is 3.45. The lowest BCUT2D eigenvalue weighted by atomic mass is 10.2. The highest BCUT2D eigenvalue weighted by Crippen LogP contribution is 2.18. The second-order valence-electron chi connectivity index (χ2n) is 7.95. The van der Waals surface area contributed by atoms with Crippen molar-refractivity contribution in [1.82, 2.24) is 5.32 Å². The lowest BCUT2D eigenvalue weighted by Crippen LogP contribution is -2.34. The zero-order valence-electron chi connectivity index (χ0n) is 19.6. The average molecular weight is 477 g/mol. The molecule has 0 aromatic heterocycles. The molecule has 0 saturated carbocycles. The Morgan fingerprint density at radius 1 is 0.824 bits per heavy atom. The Morgan fingerprint density at radius 2 is 1.59 bits per heavy atom. The van der Waals surface area contributed by atoms with E-state index in [1.165, 1.54) is 24.8 Å². The normalized spacial score (nSPS) is 10.4. The summed E-state index contributed by atoms with van der Waals surface area (Å²) < 4.78 is 11.6. The van der Waals surface area contributed by atoms with E-state index in [1.807, 2.05) is 54.6 Å². The number of hydrogen-bond acceptors (Lipinski definition) is 4. The highest BCUT2D eigenvalue weighted by molar-refractivity contribution is 7.80. The molecule has 0 saturated heterocycles. The number of hydrogen-bond donors (Lipinski definition) is 2. The topological polar surface area (TPSA) is 59.6 Å². The number of rotatable bonds is 12. The quantitative estimate of drug-likeness (QED) is 0.234. The number of ether oxygens (including phenoxy) is 2. The molecular formula is C28H32N2O3S. The molecule has 1 amide bonds. The molecule has 0 heterocycles. The molecule has 0 fully saturated rings. The minimum absolute atomic E-state index is 0.225. The third kappa shape index (κ3) is 8.87. The minimum atomic E-state index is -0.276. The fraction of sp³-hybridized carbons (Fsp3) is 0.286. The first-order chi connectivity index (χ1) is 16.6. The van der Waals surface area contributed by atoms with Crippen LogP contribution in [0.4, 0.5) is 5.69 Å². The third-order valence-electron chi connectivity index (χ3n) is 5.20. The van der Waals surface area contributed by atoms with Gasteiger partial charge in [-0.1, -0.05) is 62.6 Å². The predicted octanol–water partition coefficient (Wildman–Crippen LogP) is 6.39. The first kappa shape index (κ1) is 25.2. The first-order valence-corrected chi connectivity index (χ1v) is 12.2. The lowest BCUT2D eigenvalue weighted by Gasteiger charge is -2.12. The van der Waals surface area contributed by atoms with E-state index in [1.54, 1.807) is 12.1 Å². The first-order valence-electron chi connectivity index (χ1n) is 11.8. The number of benzene rings is 3. The Balaban J connectivity index is 1.43. The van der Waals surface area contributed by atoms with Crippen LogP contribution in [0.25, 0.3) is 0 Å². The Labute approximate surface area is 207 Å². The molecule has 0 radical (unpaired) electrons. The molecule has 3 aromatic carbocycles. The fourth-order valence-corrected chi connectivity index (χ4v) is 3.56. The van der Waals surface area contributed by atoms with Crippen LogP contribution in [0, 0.1) is 0 Å². The van der Waals surface area contributed by atoms with Gasteiger partial charge in [-0.2, -0.15) is 0 Å². The second kappa shape index (κ2) is 14.0. The summed E-state index contributed by atoms with van der Waals surface area (Å²) in [6.07, 6.45) is 5.46. The van der Waals surface area contributed by atoms with Crippen molar-refractivity contribution in [3.8, 4) is 11.5 Å². The van der Waals surface area contributed by atoms with Gasteiger partial charge >= 0.3 is 0 Å². The van der Waals surface area contributed by atoms with Gasteiger partial charge in [0.05, 0.1) is 13.2 Å². The van der Waals surface area contributed by atoms with Crippen LogP contribution >= 0.6 is 12.2 Å². The van der Waals surface area contributed by atoms with E-state index in [4.69, 9.17) is 21.7 Å². The molecule has 5 nitrogen and oxygen atoms in total. The van der Waals surface area contributed by atoms with Crippen LogP contribution in [0.1, 0.15) is 48.5 Å². The van der Waals surface area contributed by atoms with Crippen molar-refractivity contribution in [2.75, 3.05) is 18.5 Å². The number of nitrogens with one attached hydrogen (secondary N) is 2. The molecule has 2 N–H and O–H groups in total. The fourth-order valence-electron chi connectivity index (χ4n) is 3.35. The highest BCUT2D eigenvalue weighted by Gasteiger charge is 2.09. The van der Waals surface area contributed by atoms with Crippen molar-refractivity contribution in [3.63, 3.8) is 0 Å². The summed E-state index contributed by atoms with van der Waals surface area (Å²) in [5, 5.41) is 5.98. The van der Waals surface area contributed by atoms with Crippen molar-refractivity contribution in [2.24, 2.45) is 0 Å². The van der Waals surface area contributed by atoms with Crippen LogP contribution in [0.3, 0.4) is 0 Å². The summed E-state index contributed by atoms with van der Waals surface area (Å²) in [5.41, 5.74) is 2.49. The molecule has 34 heavy (non-hydrogen) atoms. The van der Waals surface area contributed by atoms with Gasteiger partial charge < -0.3 is 14.8 Å². The zero-order chi connectivity index (χ0) is 24.0. The summed E-state index contributed by atoms with van der Waals surface area (Å²) in [4.78, 5) is 12.5. The molecule has 0 aliphatic rings. The van der Waals surface area contributed by atoms with Gasteiger partial charge in [-0.25, -0.2) is 0 Å². The highest BCUT2D eigenvalue weighted by atomic mass is 32.1. The summed E-state index contributed by atoms with van der Waals surface area (Å²) in [5.74, 6) is 1.22. The van der Waals surface area contributed by atoms with Crippen LogP contribution in [0.2, 0.25) is 0 Å². The predicted molar refractivity (Wildman–Crippen MR) is 142 cm³/mol. The van der Waals surface area contributed by atoms with E-state index < -0.39 is 0 Å². The molecule has 178 valence electrons. The van der Waals surface area contributed by atoms with Crippen molar-refractivity contribution < 1.29 is 14.3 Å². The van der Waals surface area contributed by atoms with Gasteiger partial charge in [0.25, 0.3) is 5.91 Å². The van der Waals surface area contributed by atoms with Gasteiger partial charge in [-0.05, 0) is 60.6 Å². The molecule has 0 atom stereocenters. The minimum Gasteiger partial charge on any atom is -0.494 e. The Hall–Kier alpha value is -3.38. The molecule has 0 bridgehead atoms. The SMILES string of the molecule is CCCCCCOc1ccc(C(=O)NC(=S)Nc2cccc(OCCc3ccccc3)c2)cc1. The van der Waals surface area contributed by atoms with Gasteiger partial charge in [0.2, 0.25) is 0 Å². The Kier molecular flexibility index (Phi) is 10.4. The summed E-state index contributed by atoms with van der Waals surface area (Å²) in [6, 6.07) is 24.8. The van der Waals surface area contributed by atoms with Crippen LogP contribution in [0.5, 0.6) is 11.5 Å². The van der Waals surface area contributed by atoms with Gasteiger partial charge in [0.1, 0.15) is 11.5 Å². The molecule has 0 spiro atoms. The number of carbonyl (C=O) groups excluding carboxylic acids is 1. The third-order valence-corrected chi connectivity index (χ3v) is 5.41. The lowest BCUT2D eigenvalue weighted by molar-refractivity contribution is 0.0977. The van der Waals surface area contributed by atoms with E-state index in [9.17, 15) is 4.79 Å².